The number of aromatic nitrogens is 4. The molecule has 0 aliphatic carbocycles. The Bertz CT molecular complexity index is 722. The lowest BCUT2D eigenvalue weighted by Crippen LogP contribution is -2.11. The zero-order valence-corrected chi connectivity index (χ0v) is 12.9. The molecule has 21 heavy (non-hydrogen) atoms. The largest absolute Gasteiger partial charge is 0.383 e. The predicted molar refractivity (Wildman–Crippen MR) is 83.8 cm³/mol. The van der Waals surface area contributed by atoms with E-state index in [1.807, 2.05) is 24.7 Å². The Labute approximate surface area is 126 Å². The van der Waals surface area contributed by atoms with Gasteiger partial charge in [-0.15, -0.1) is 11.3 Å². The topological polar surface area (TPSA) is 64.9 Å². The van der Waals surface area contributed by atoms with Crippen LogP contribution < -0.4 is 5.32 Å². The number of aryl methyl sites for hydroxylation is 1. The van der Waals surface area contributed by atoms with Crippen LogP contribution in [0.3, 0.4) is 0 Å². The van der Waals surface area contributed by atoms with Crippen molar-refractivity contribution in [3.8, 4) is 0 Å². The molecule has 0 amide bonds. The number of nitrogens with zero attached hydrogens (tertiary/aromatic N) is 4. The van der Waals surface area contributed by atoms with Crippen molar-refractivity contribution in [1.82, 2.24) is 19.5 Å². The lowest BCUT2D eigenvalue weighted by molar-refractivity contribution is 0.210. The summed E-state index contributed by atoms with van der Waals surface area (Å²) in [5, 5.41) is 5.38. The maximum absolute atomic E-state index is 5.08. The Morgan fingerprint density at radius 3 is 3.05 bits per heavy atom. The average molecular weight is 303 g/mol. The summed E-state index contributed by atoms with van der Waals surface area (Å²) in [6, 6.07) is 2.01. The van der Waals surface area contributed by atoms with Gasteiger partial charge in [0.2, 0.25) is 0 Å². The van der Waals surface area contributed by atoms with Crippen LogP contribution in [0.4, 0.5) is 5.82 Å². The quantitative estimate of drug-likeness (QED) is 0.708. The summed E-state index contributed by atoms with van der Waals surface area (Å²) in [5.41, 5.74) is 4.84. The normalized spacial score (nSPS) is 11.1. The summed E-state index contributed by atoms with van der Waals surface area (Å²) >= 11 is 1.60. The van der Waals surface area contributed by atoms with Crippen LogP contribution in [0.15, 0.2) is 23.2 Å². The van der Waals surface area contributed by atoms with E-state index in [4.69, 9.17) is 4.74 Å². The lowest BCUT2D eigenvalue weighted by atomic mass is 10.4. The number of fused-ring (bicyclic) bond motifs is 1. The highest BCUT2D eigenvalue weighted by molar-refractivity contribution is 7.07. The van der Waals surface area contributed by atoms with Gasteiger partial charge in [0.1, 0.15) is 11.3 Å². The van der Waals surface area contributed by atoms with E-state index in [1.165, 1.54) is 0 Å². The third kappa shape index (κ3) is 3.03. The second-order valence-electron chi connectivity index (χ2n) is 4.70. The molecule has 0 saturated carbocycles. The Hall–Kier alpha value is -1.99. The smallest absolute Gasteiger partial charge is 0.154 e. The molecular formula is C14H17N5OS. The summed E-state index contributed by atoms with van der Waals surface area (Å²) < 4.78 is 7.21. The van der Waals surface area contributed by atoms with Crippen LogP contribution in [-0.2, 0) is 11.3 Å². The molecule has 3 heterocycles. The van der Waals surface area contributed by atoms with E-state index >= 15 is 0 Å². The van der Waals surface area contributed by atoms with Crippen molar-refractivity contribution in [3.63, 3.8) is 0 Å². The first-order valence-electron chi connectivity index (χ1n) is 6.71. The van der Waals surface area contributed by atoms with Gasteiger partial charge in [0.25, 0.3) is 0 Å². The molecule has 3 aromatic heterocycles. The third-order valence-corrected chi connectivity index (χ3v) is 3.77. The van der Waals surface area contributed by atoms with E-state index in [0.717, 1.165) is 34.9 Å². The van der Waals surface area contributed by atoms with Gasteiger partial charge in [-0.2, -0.15) is 0 Å². The maximum atomic E-state index is 5.08. The molecule has 110 valence electrons. The summed E-state index contributed by atoms with van der Waals surface area (Å²) in [4.78, 5) is 13.3. The molecule has 0 radical (unpaired) electrons. The summed E-state index contributed by atoms with van der Waals surface area (Å²) in [7, 11) is 1.69. The molecule has 0 fully saturated rings. The SMILES string of the molecule is COCCNc1nc(C)nc2ccn(Cc3cscn3)c12. The zero-order valence-electron chi connectivity index (χ0n) is 12.0. The highest BCUT2D eigenvalue weighted by atomic mass is 32.1. The molecule has 0 spiro atoms. The van der Waals surface area contributed by atoms with Gasteiger partial charge in [-0.3, -0.25) is 0 Å². The highest BCUT2D eigenvalue weighted by Gasteiger charge is 2.11. The highest BCUT2D eigenvalue weighted by Crippen LogP contribution is 2.22. The Balaban J connectivity index is 1.97. The van der Waals surface area contributed by atoms with Crippen molar-refractivity contribution in [2.24, 2.45) is 0 Å². The first-order chi connectivity index (χ1) is 10.3. The van der Waals surface area contributed by atoms with Gasteiger partial charge >= 0.3 is 0 Å². The molecule has 1 N–H and O–H groups in total. The number of hydrogen-bond acceptors (Lipinski definition) is 6. The van der Waals surface area contributed by atoms with Crippen molar-refractivity contribution in [1.29, 1.82) is 0 Å². The summed E-state index contributed by atoms with van der Waals surface area (Å²) in [6.45, 7) is 3.97. The van der Waals surface area contributed by atoms with E-state index in [1.54, 1.807) is 18.4 Å². The standard InChI is InChI=1S/C14H17N5OS/c1-10-17-12-3-5-19(7-11-8-21-9-16-11)13(12)14(18-10)15-4-6-20-2/h3,5,8-9H,4,6-7H2,1-2H3,(H,15,17,18). The second kappa shape index (κ2) is 6.19. The minimum Gasteiger partial charge on any atom is -0.383 e. The van der Waals surface area contributed by atoms with Gasteiger partial charge in [-0.1, -0.05) is 0 Å². The van der Waals surface area contributed by atoms with Gasteiger partial charge in [0, 0.05) is 25.2 Å². The van der Waals surface area contributed by atoms with Crippen molar-refractivity contribution in [2.45, 2.75) is 13.5 Å². The number of ether oxygens (including phenoxy) is 1. The van der Waals surface area contributed by atoms with Crippen molar-refractivity contribution in [2.75, 3.05) is 25.6 Å². The molecule has 0 aliphatic rings. The molecule has 0 saturated heterocycles. The van der Waals surface area contributed by atoms with Gasteiger partial charge in [-0.05, 0) is 13.0 Å². The second-order valence-corrected chi connectivity index (χ2v) is 5.41. The van der Waals surface area contributed by atoms with E-state index in [2.05, 4.69) is 30.2 Å². The van der Waals surface area contributed by atoms with Gasteiger partial charge in [0.05, 0.1) is 29.9 Å². The van der Waals surface area contributed by atoms with Crippen LogP contribution in [-0.4, -0.2) is 39.8 Å². The van der Waals surface area contributed by atoms with E-state index in [-0.39, 0.29) is 0 Å². The molecular weight excluding hydrogens is 286 g/mol. The van der Waals surface area contributed by atoms with E-state index < -0.39 is 0 Å². The molecule has 3 aromatic rings. The first-order valence-corrected chi connectivity index (χ1v) is 7.65. The average Bonchev–Trinajstić information content (AvgIpc) is 3.10. The Morgan fingerprint density at radius 1 is 1.38 bits per heavy atom. The van der Waals surface area contributed by atoms with Gasteiger partial charge < -0.3 is 14.6 Å². The molecule has 0 atom stereocenters. The minimum atomic E-state index is 0.636. The Kier molecular flexibility index (Phi) is 4.12. The van der Waals surface area contributed by atoms with Crippen LogP contribution in [0.5, 0.6) is 0 Å². The number of rotatable bonds is 6. The molecule has 0 aliphatic heterocycles. The molecule has 0 bridgehead atoms. The molecule has 3 rings (SSSR count). The lowest BCUT2D eigenvalue weighted by Gasteiger charge is -2.10. The Morgan fingerprint density at radius 2 is 2.29 bits per heavy atom. The van der Waals surface area contributed by atoms with Crippen LogP contribution >= 0.6 is 11.3 Å². The van der Waals surface area contributed by atoms with Crippen LogP contribution in [0, 0.1) is 6.92 Å². The maximum Gasteiger partial charge on any atom is 0.154 e. The number of anilines is 1. The van der Waals surface area contributed by atoms with Crippen LogP contribution in [0.25, 0.3) is 11.0 Å². The fraction of sp³-hybridized carbons (Fsp3) is 0.357. The minimum absolute atomic E-state index is 0.636. The van der Waals surface area contributed by atoms with Crippen molar-refractivity contribution < 1.29 is 4.74 Å². The van der Waals surface area contributed by atoms with E-state index in [0.29, 0.717) is 13.2 Å². The van der Waals surface area contributed by atoms with Crippen molar-refractivity contribution >= 4 is 28.2 Å². The van der Waals surface area contributed by atoms with Gasteiger partial charge in [-0.25, -0.2) is 15.0 Å². The number of thiazole rings is 1. The van der Waals surface area contributed by atoms with Crippen molar-refractivity contribution in [3.05, 3.63) is 34.7 Å². The fourth-order valence-electron chi connectivity index (χ4n) is 2.24. The number of hydrogen-bond donors (Lipinski definition) is 1. The summed E-state index contributed by atoms with van der Waals surface area (Å²) in [5.74, 6) is 1.60. The molecule has 0 unspecified atom stereocenters. The van der Waals surface area contributed by atoms with Crippen LogP contribution in [0.2, 0.25) is 0 Å². The number of methoxy groups -OCH3 is 1. The fourth-order valence-corrected chi connectivity index (χ4v) is 2.79. The predicted octanol–water partition coefficient (Wildman–Crippen LogP) is 2.30. The van der Waals surface area contributed by atoms with Gasteiger partial charge in [0.15, 0.2) is 5.82 Å². The van der Waals surface area contributed by atoms with E-state index in [9.17, 15) is 0 Å². The monoisotopic (exact) mass is 303 g/mol. The first kappa shape index (κ1) is 14.0. The molecule has 6 nitrogen and oxygen atoms in total. The zero-order chi connectivity index (χ0) is 14.7. The van der Waals surface area contributed by atoms with Crippen LogP contribution in [0.1, 0.15) is 11.5 Å². The summed E-state index contributed by atoms with van der Waals surface area (Å²) in [6.07, 6.45) is 2.03. The molecule has 7 heteroatoms. The molecule has 0 aromatic carbocycles. The third-order valence-electron chi connectivity index (χ3n) is 3.14. The number of nitrogens with one attached hydrogen (secondary N) is 1.